The van der Waals surface area contributed by atoms with Crippen molar-refractivity contribution in [3.05, 3.63) is 11.6 Å². The average Bonchev–Trinajstić information content (AvgIpc) is 2.83. The summed E-state index contributed by atoms with van der Waals surface area (Å²) in [7, 11) is 0. The van der Waals surface area contributed by atoms with Gasteiger partial charge in [-0.2, -0.15) is 0 Å². The van der Waals surface area contributed by atoms with Gasteiger partial charge in [0.05, 0.1) is 5.41 Å². The average molecular weight is 234 g/mol. The van der Waals surface area contributed by atoms with E-state index >= 15 is 0 Å². The Bertz CT molecular complexity index is 430. The van der Waals surface area contributed by atoms with Gasteiger partial charge in [-0.1, -0.05) is 39.3 Å². The van der Waals surface area contributed by atoms with Gasteiger partial charge < -0.3 is 5.11 Å². The fraction of sp³-hybridized carbons (Fsp3) is 0.800. The Balaban J connectivity index is 2.01. The van der Waals surface area contributed by atoms with Gasteiger partial charge in [0.25, 0.3) is 0 Å². The molecule has 0 aromatic heterocycles. The first kappa shape index (κ1) is 11.3. The maximum atomic E-state index is 11.7. The van der Waals surface area contributed by atoms with E-state index in [9.17, 15) is 9.90 Å². The molecule has 94 valence electrons. The van der Waals surface area contributed by atoms with E-state index in [-0.39, 0.29) is 5.41 Å². The van der Waals surface area contributed by atoms with E-state index in [1.54, 1.807) is 0 Å². The maximum absolute atomic E-state index is 11.7. The van der Waals surface area contributed by atoms with E-state index in [0.717, 1.165) is 18.8 Å². The zero-order valence-electron chi connectivity index (χ0n) is 11.2. The van der Waals surface area contributed by atoms with Crippen LogP contribution in [0.3, 0.4) is 0 Å². The zero-order chi connectivity index (χ0) is 12.6. The van der Waals surface area contributed by atoms with Crippen LogP contribution >= 0.6 is 0 Å². The Morgan fingerprint density at radius 3 is 2.29 bits per heavy atom. The van der Waals surface area contributed by atoms with Crippen molar-refractivity contribution in [2.75, 3.05) is 0 Å². The van der Waals surface area contributed by atoms with E-state index in [0.29, 0.717) is 11.3 Å². The molecule has 2 fully saturated rings. The van der Waals surface area contributed by atoms with Crippen molar-refractivity contribution in [3.8, 4) is 0 Å². The highest BCUT2D eigenvalue weighted by Gasteiger charge is 2.72. The molecule has 2 nitrogen and oxygen atoms in total. The van der Waals surface area contributed by atoms with Gasteiger partial charge in [0.1, 0.15) is 0 Å². The molecule has 0 heterocycles. The minimum atomic E-state index is -0.602. The second kappa shape index (κ2) is 2.78. The van der Waals surface area contributed by atoms with E-state index in [1.807, 2.05) is 0 Å². The van der Waals surface area contributed by atoms with Crippen LogP contribution < -0.4 is 0 Å². The number of aliphatic carboxylic acids is 1. The second-order valence-electron chi connectivity index (χ2n) is 7.47. The molecule has 17 heavy (non-hydrogen) atoms. The minimum Gasteiger partial charge on any atom is -0.481 e. The Kier molecular flexibility index (Phi) is 1.85. The third-order valence-corrected chi connectivity index (χ3v) is 6.06. The molecular weight excluding hydrogens is 212 g/mol. The largest absolute Gasteiger partial charge is 0.481 e. The molecule has 2 saturated carbocycles. The van der Waals surface area contributed by atoms with Crippen LogP contribution in [0, 0.1) is 28.1 Å². The van der Waals surface area contributed by atoms with E-state index < -0.39 is 11.4 Å². The number of carboxylic acid groups (broad SMARTS) is 1. The molecule has 0 saturated heterocycles. The summed E-state index contributed by atoms with van der Waals surface area (Å²) in [5.74, 6) is 0.693. The monoisotopic (exact) mass is 234 g/mol. The molecule has 4 aliphatic rings. The van der Waals surface area contributed by atoms with Crippen molar-refractivity contribution < 1.29 is 9.90 Å². The SMILES string of the molecule is CC1(C)C2CC=C(C3(C(=O)O)CC3(C)C)C1C2. The highest BCUT2D eigenvalue weighted by atomic mass is 16.4. The predicted molar refractivity (Wildman–Crippen MR) is 66.5 cm³/mol. The minimum absolute atomic E-state index is 0.0524. The topological polar surface area (TPSA) is 37.3 Å². The molecule has 2 bridgehead atoms. The fourth-order valence-electron chi connectivity index (χ4n) is 4.43. The molecule has 0 spiro atoms. The predicted octanol–water partition coefficient (Wildman–Crippen LogP) is 3.48. The zero-order valence-corrected chi connectivity index (χ0v) is 11.2. The number of carboxylic acids is 1. The number of hydrogen-bond donors (Lipinski definition) is 1. The lowest BCUT2D eigenvalue weighted by Gasteiger charge is -2.57. The Hall–Kier alpha value is -0.790. The number of hydrogen-bond acceptors (Lipinski definition) is 1. The molecular formula is C15H22O2. The third-order valence-electron chi connectivity index (χ3n) is 6.06. The lowest BCUT2D eigenvalue weighted by atomic mass is 9.47. The molecule has 0 aliphatic heterocycles. The van der Waals surface area contributed by atoms with E-state index in [4.69, 9.17) is 0 Å². The Morgan fingerprint density at radius 2 is 1.94 bits per heavy atom. The summed E-state index contributed by atoms with van der Waals surface area (Å²) in [4.78, 5) is 11.7. The highest BCUT2D eigenvalue weighted by Crippen LogP contribution is 2.74. The summed E-state index contributed by atoms with van der Waals surface area (Å²) in [6.07, 6.45) is 5.37. The first-order valence-corrected chi connectivity index (χ1v) is 6.67. The molecule has 1 N–H and O–H groups in total. The molecule has 0 aromatic rings. The smallest absolute Gasteiger partial charge is 0.314 e. The summed E-state index contributed by atoms with van der Waals surface area (Å²) in [6, 6.07) is 0. The van der Waals surface area contributed by atoms with Crippen LogP contribution in [0.4, 0.5) is 0 Å². The number of fused-ring (bicyclic) bond motifs is 1. The van der Waals surface area contributed by atoms with Gasteiger partial charge in [-0.25, -0.2) is 0 Å². The van der Waals surface area contributed by atoms with Crippen molar-refractivity contribution in [2.45, 2.75) is 47.0 Å². The normalized spacial score (nSPS) is 44.6. The van der Waals surface area contributed by atoms with Crippen LogP contribution in [0.15, 0.2) is 11.6 Å². The lowest BCUT2D eigenvalue weighted by Crippen LogP contribution is -2.50. The van der Waals surface area contributed by atoms with Crippen LogP contribution in [0.1, 0.15) is 47.0 Å². The molecule has 2 heteroatoms. The molecule has 3 atom stereocenters. The van der Waals surface area contributed by atoms with Crippen LogP contribution in [0.5, 0.6) is 0 Å². The summed E-state index contributed by atoms with van der Waals surface area (Å²) in [5.41, 5.74) is 0.983. The Labute approximate surface area is 103 Å². The summed E-state index contributed by atoms with van der Waals surface area (Å²) >= 11 is 0. The quantitative estimate of drug-likeness (QED) is 0.743. The van der Waals surface area contributed by atoms with Crippen molar-refractivity contribution >= 4 is 5.97 Å². The standard InChI is InChI=1S/C15H22O2/c1-13(2)8-15(13,12(16)17)10-6-5-9-7-11(10)14(9,3)4/h6,9,11H,5,7-8H2,1-4H3,(H,16,17). The molecule has 0 radical (unpaired) electrons. The van der Waals surface area contributed by atoms with E-state index in [2.05, 4.69) is 33.8 Å². The van der Waals surface area contributed by atoms with Gasteiger partial charge in [0.2, 0.25) is 0 Å². The van der Waals surface area contributed by atoms with Crippen molar-refractivity contribution in [1.82, 2.24) is 0 Å². The van der Waals surface area contributed by atoms with E-state index in [1.165, 1.54) is 12.0 Å². The molecule has 0 amide bonds. The van der Waals surface area contributed by atoms with Crippen LogP contribution in [0.25, 0.3) is 0 Å². The van der Waals surface area contributed by atoms with Gasteiger partial charge in [0.15, 0.2) is 0 Å². The summed E-state index contributed by atoms with van der Waals surface area (Å²) in [6.45, 7) is 8.81. The van der Waals surface area contributed by atoms with Crippen molar-refractivity contribution in [2.24, 2.45) is 28.1 Å². The maximum Gasteiger partial charge on any atom is 0.314 e. The summed E-state index contributed by atoms with van der Waals surface area (Å²) in [5, 5.41) is 9.66. The number of rotatable bonds is 2. The van der Waals surface area contributed by atoms with Crippen LogP contribution in [-0.2, 0) is 4.79 Å². The Morgan fingerprint density at radius 1 is 1.35 bits per heavy atom. The lowest BCUT2D eigenvalue weighted by molar-refractivity contribution is -0.144. The molecule has 3 unspecified atom stereocenters. The third kappa shape index (κ3) is 1.10. The number of allylic oxidation sites excluding steroid dienone is 1. The fourth-order valence-corrected chi connectivity index (χ4v) is 4.43. The van der Waals surface area contributed by atoms with Crippen molar-refractivity contribution in [3.63, 3.8) is 0 Å². The van der Waals surface area contributed by atoms with Crippen LogP contribution in [0.2, 0.25) is 0 Å². The van der Waals surface area contributed by atoms with Gasteiger partial charge in [-0.15, -0.1) is 0 Å². The van der Waals surface area contributed by atoms with Gasteiger partial charge >= 0.3 is 5.97 Å². The van der Waals surface area contributed by atoms with Crippen LogP contribution in [-0.4, -0.2) is 11.1 Å². The molecule has 0 aromatic carbocycles. The first-order valence-electron chi connectivity index (χ1n) is 6.67. The molecule has 4 rings (SSSR count). The van der Waals surface area contributed by atoms with Gasteiger partial charge in [0, 0.05) is 0 Å². The molecule has 4 aliphatic carbocycles. The first-order chi connectivity index (χ1) is 7.73. The van der Waals surface area contributed by atoms with Gasteiger partial charge in [-0.05, 0) is 41.9 Å². The highest BCUT2D eigenvalue weighted by molar-refractivity contribution is 5.84. The van der Waals surface area contributed by atoms with Crippen molar-refractivity contribution in [1.29, 1.82) is 0 Å². The van der Waals surface area contributed by atoms with Gasteiger partial charge in [-0.3, -0.25) is 4.79 Å². The second-order valence-corrected chi connectivity index (χ2v) is 7.47. The number of carbonyl (C=O) groups is 1. The summed E-state index contributed by atoms with van der Waals surface area (Å²) < 4.78 is 0.